The van der Waals surface area contributed by atoms with Gasteiger partial charge in [0.2, 0.25) is 0 Å². The summed E-state index contributed by atoms with van der Waals surface area (Å²) in [5.41, 5.74) is 1.02. The highest BCUT2D eigenvalue weighted by molar-refractivity contribution is 7.91. The molecule has 0 aliphatic heterocycles. The molecule has 0 aromatic heterocycles. The summed E-state index contributed by atoms with van der Waals surface area (Å²) in [6.07, 6.45) is 0.604. The Bertz CT molecular complexity index is 488. The molecule has 5 heteroatoms. The summed E-state index contributed by atoms with van der Waals surface area (Å²) in [6, 6.07) is 7.65. The standard InChI is InChI=1S/C14H22ClNO2S/c1-3-16-11-12(9-10-19(17,18)4-2)13-7-5-6-8-14(13)15/h5-8,12,16H,3-4,9-11H2,1-2H3. The van der Waals surface area contributed by atoms with Gasteiger partial charge in [-0.2, -0.15) is 0 Å². The summed E-state index contributed by atoms with van der Waals surface area (Å²) in [4.78, 5) is 0. The van der Waals surface area contributed by atoms with Crippen molar-refractivity contribution in [2.45, 2.75) is 26.2 Å². The summed E-state index contributed by atoms with van der Waals surface area (Å²) >= 11 is 6.20. The Morgan fingerprint density at radius 2 is 1.95 bits per heavy atom. The maximum atomic E-state index is 11.6. The van der Waals surface area contributed by atoms with E-state index < -0.39 is 9.84 Å². The van der Waals surface area contributed by atoms with Crippen molar-refractivity contribution in [3.63, 3.8) is 0 Å². The smallest absolute Gasteiger partial charge is 0.150 e. The molecule has 0 saturated carbocycles. The number of nitrogens with one attached hydrogen (secondary N) is 1. The van der Waals surface area contributed by atoms with Crippen molar-refractivity contribution >= 4 is 21.4 Å². The van der Waals surface area contributed by atoms with E-state index >= 15 is 0 Å². The Labute approximate surface area is 121 Å². The minimum atomic E-state index is -2.93. The average molecular weight is 304 g/mol. The Balaban J connectivity index is 2.81. The van der Waals surface area contributed by atoms with Gasteiger partial charge in [0.25, 0.3) is 0 Å². The van der Waals surface area contributed by atoms with Gasteiger partial charge in [0.05, 0.1) is 5.75 Å². The fourth-order valence-corrected chi connectivity index (χ4v) is 3.18. The third-order valence-electron chi connectivity index (χ3n) is 3.20. The van der Waals surface area contributed by atoms with E-state index in [1.807, 2.05) is 31.2 Å². The van der Waals surface area contributed by atoms with Crippen LogP contribution in [0.5, 0.6) is 0 Å². The molecule has 108 valence electrons. The van der Waals surface area contributed by atoms with Crippen molar-refractivity contribution in [2.24, 2.45) is 0 Å². The highest BCUT2D eigenvalue weighted by atomic mass is 35.5. The highest BCUT2D eigenvalue weighted by Gasteiger charge is 2.17. The van der Waals surface area contributed by atoms with Crippen LogP contribution in [0.15, 0.2) is 24.3 Å². The van der Waals surface area contributed by atoms with E-state index in [1.54, 1.807) is 6.92 Å². The monoisotopic (exact) mass is 303 g/mol. The van der Waals surface area contributed by atoms with E-state index in [2.05, 4.69) is 5.32 Å². The van der Waals surface area contributed by atoms with Crippen molar-refractivity contribution < 1.29 is 8.42 Å². The molecule has 0 aliphatic carbocycles. The van der Waals surface area contributed by atoms with Gasteiger partial charge in [-0.3, -0.25) is 0 Å². The van der Waals surface area contributed by atoms with Crippen LogP contribution in [0.25, 0.3) is 0 Å². The van der Waals surface area contributed by atoms with Crippen LogP contribution in [0.1, 0.15) is 31.7 Å². The van der Waals surface area contributed by atoms with Crippen LogP contribution < -0.4 is 5.32 Å². The summed E-state index contributed by atoms with van der Waals surface area (Å²) in [5, 5.41) is 3.98. The molecule has 0 amide bonds. The maximum Gasteiger partial charge on any atom is 0.150 e. The minimum Gasteiger partial charge on any atom is -0.316 e. The van der Waals surface area contributed by atoms with Crippen molar-refractivity contribution in [1.82, 2.24) is 5.32 Å². The maximum absolute atomic E-state index is 11.6. The second-order valence-corrected chi connectivity index (χ2v) is 7.43. The van der Waals surface area contributed by atoms with Gasteiger partial charge >= 0.3 is 0 Å². The van der Waals surface area contributed by atoms with Gasteiger partial charge in [0, 0.05) is 17.3 Å². The molecule has 1 N–H and O–H groups in total. The Morgan fingerprint density at radius 3 is 2.53 bits per heavy atom. The molecular weight excluding hydrogens is 282 g/mol. The number of hydrogen-bond donors (Lipinski definition) is 1. The molecule has 0 bridgehead atoms. The summed E-state index contributed by atoms with van der Waals surface area (Å²) in [6.45, 7) is 5.33. The normalized spacial score (nSPS) is 13.4. The lowest BCUT2D eigenvalue weighted by Gasteiger charge is -2.19. The van der Waals surface area contributed by atoms with Crippen LogP contribution in [0.4, 0.5) is 0 Å². The molecule has 0 heterocycles. The van der Waals surface area contributed by atoms with Crippen LogP contribution in [-0.4, -0.2) is 33.0 Å². The number of rotatable bonds is 8. The van der Waals surface area contributed by atoms with E-state index in [0.717, 1.165) is 18.7 Å². The van der Waals surface area contributed by atoms with Crippen molar-refractivity contribution in [3.05, 3.63) is 34.9 Å². The van der Waals surface area contributed by atoms with Gasteiger partial charge in [-0.25, -0.2) is 8.42 Å². The summed E-state index contributed by atoms with van der Waals surface area (Å²) < 4.78 is 23.3. The van der Waals surface area contributed by atoms with Crippen molar-refractivity contribution in [3.8, 4) is 0 Å². The van der Waals surface area contributed by atoms with Crippen molar-refractivity contribution in [2.75, 3.05) is 24.6 Å². The van der Waals surface area contributed by atoms with Gasteiger partial charge in [-0.1, -0.05) is 43.6 Å². The first-order valence-corrected chi connectivity index (χ1v) is 8.85. The first-order valence-electron chi connectivity index (χ1n) is 6.65. The number of sulfone groups is 1. The van der Waals surface area contributed by atoms with Gasteiger partial charge in [0.15, 0.2) is 0 Å². The lowest BCUT2D eigenvalue weighted by atomic mass is 9.96. The number of benzene rings is 1. The summed E-state index contributed by atoms with van der Waals surface area (Å²) in [7, 11) is -2.93. The van der Waals surface area contributed by atoms with E-state index in [9.17, 15) is 8.42 Å². The molecule has 0 spiro atoms. The zero-order chi connectivity index (χ0) is 14.3. The predicted molar refractivity (Wildman–Crippen MR) is 81.7 cm³/mol. The van der Waals surface area contributed by atoms with Crippen molar-refractivity contribution in [1.29, 1.82) is 0 Å². The zero-order valence-electron chi connectivity index (χ0n) is 11.5. The molecule has 0 radical (unpaired) electrons. The van der Waals surface area contributed by atoms with E-state index in [-0.39, 0.29) is 17.4 Å². The molecule has 0 saturated heterocycles. The largest absolute Gasteiger partial charge is 0.316 e. The average Bonchev–Trinajstić information content (AvgIpc) is 2.40. The molecule has 1 aromatic carbocycles. The third-order valence-corrected chi connectivity index (χ3v) is 5.28. The van der Waals surface area contributed by atoms with Crippen LogP contribution in [-0.2, 0) is 9.84 Å². The second kappa shape index (κ2) is 7.88. The topological polar surface area (TPSA) is 46.2 Å². The molecule has 0 aliphatic rings. The minimum absolute atomic E-state index is 0.134. The van der Waals surface area contributed by atoms with Crippen LogP contribution in [0.2, 0.25) is 5.02 Å². The Hall–Kier alpha value is -0.580. The fraction of sp³-hybridized carbons (Fsp3) is 0.571. The lowest BCUT2D eigenvalue weighted by Crippen LogP contribution is -2.23. The second-order valence-electron chi connectivity index (χ2n) is 4.55. The highest BCUT2D eigenvalue weighted by Crippen LogP contribution is 2.27. The Morgan fingerprint density at radius 1 is 1.26 bits per heavy atom. The van der Waals surface area contributed by atoms with E-state index in [4.69, 9.17) is 11.6 Å². The zero-order valence-corrected chi connectivity index (χ0v) is 13.1. The Kier molecular flexibility index (Phi) is 6.83. The predicted octanol–water partition coefficient (Wildman–Crippen LogP) is 2.86. The van der Waals surface area contributed by atoms with Gasteiger partial charge in [-0.15, -0.1) is 0 Å². The fourth-order valence-electron chi connectivity index (χ4n) is 1.96. The number of likely N-dealkylation sites (N-methyl/N-ethyl adjacent to an activating group) is 1. The molecule has 3 nitrogen and oxygen atoms in total. The number of hydrogen-bond acceptors (Lipinski definition) is 3. The molecule has 1 unspecified atom stereocenters. The number of halogens is 1. The molecule has 1 aromatic rings. The van der Waals surface area contributed by atoms with Crippen LogP contribution in [0.3, 0.4) is 0 Å². The van der Waals surface area contributed by atoms with Crippen LogP contribution in [0, 0.1) is 0 Å². The molecule has 1 rings (SSSR count). The van der Waals surface area contributed by atoms with Gasteiger partial charge < -0.3 is 5.32 Å². The molecule has 0 fully saturated rings. The molecular formula is C14H22ClNO2S. The third kappa shape index (κ3) is 5.51. The molecule has 19 heavy (non-hydrogen) atoms. The van der Waals surface area contributed by atoms with E-state index in [1.165, 1.54) is 0 Å². The van der Waals surface area contributed by atoms with E-state index in [0.29, 0.717) is 11.4 Å². The van der Waals surface area contributed by atoms with Gasteiger partial charge in [0.1, 0.15) is 9.84 Å². The lowest BCUT2D eigenvalue weighted by molar-refractivity contribution is 0.564. The first kappa shape index (κ1) is 16.5. The van der Waals surface area contributed by atoms with Crippen LogP contribution >= 0.6 is 11.6 Å². The first-order chi connectivity index (χ1) is 9.00. The molecule has 1 atom stereocenters. The SMILES string of the molecule is CCNCC(CCS(=O)(=O)CC)c1ccccc1Cl. The quantitative estimate of drug-likeness (QED) is 0.803. The van der Waals surface area contributed by atoms with Gasteiger partial charge in [-0.05, 0) is 30.5 Å². The summed E-state index contributed by atoms with van der Waals surface area (Å²) in [5.74, 6) is 0.545.